The quantitative estimate of drug-likeness (QED) is 0.0153. The van der Waals surface area contributed by atoms with E-state index in [9.17, 15) is 166 Å². The van der Waals surface area contributed by atoms with Crippen molar-refractivity contribution >= 4 is 47.9 Å². The molecule has 52 heteroatoms. The largest absolute Gasteiger partial charge is 0.477 e. The highest BCUT2D eigenvalue weighted by Gasteiger charge is 2.66. The molecule has 0 aromatic heterocycles. The zero-order valence-electron chi connectivity index (χ0n) is 72.0. The van der Waals surface area contributed by atoms with Crippen LogP contribution in [0.3, 0.4) is 0 Å². The third-order valence-electron chi connectivity index (χ3n) is 23.5. The van der Waals surface area contributed by atoms with Crippen molar-refractivity contribution in [1.82, 2.24) is 26.6 Å². The third-order valence-corrected chi connectivity index (χ3v) is 23.5. The summed E-state index contributed by atoms with van der Waals surface area (Å²) in [6.07, 6.45) is -63.4. The van der Waals surface area contributed by atoms with Crippen molar-refractivity contribution in [2.75, 3.05) is 52.9 Å². The van der Waals surface area contributed by atoms with E-state index in [0.717, 1.165) is 66.2 Å². The van der Waals surface area contributed by atoms with Gasteiger partial charge >= 0.3 is 17.9 Å². The van der Waals surface area contributed by atoms with E-state index in [1.54, 1.807) is 6.08 Å². The van der Waals surface area contributed by atoms with Crippen LogP contribution in [0.2, 0.25) is 0 Å². The molecule has 40 atom stereocenters. The normalized spacial score (nSPS) is 38.6. The SMILES string of the molecule is CCCCCCCCCCCCCC=CC(O)C(COC1OC(CO)C(OC2OC(CO)C(OC3OC(CO)C(O)C(OC4OC(CO)C(O)C(OC5(C(=O)O)CC(O)C(NC(C)=O)C(C(O)C(CO)OC6(C(=O)O)CC(O)C(NC(C)=O)C(C(O)C(O)CO)O6)O5)C4O)C3NC(C)=O)C(OC3(C(=O)O)CC(O)C(NC(C)=O)C(C(O)C(O)CO)O3)C2O)C(O)C1O)NC=O. The van der Waals surface area contributed by atoms with Crippen LogP contribution < -0.4 is 26.6 Å². The predicted molar refractivity (Wildman–Crippen MR) is 423 cm³/mol. The van der Waals surface area contributed by atoms with Gasteiger partial charge in [-0.15, -0.1) is 0 Å². The number of aliphatic carboxylic acids is 3. The van der Waals surface area contributed by atoms with Gasteiger partial charge in [0, 0.05) is 47.0 Å². The van der Waals surface area contributed by atoms with E-state index in [-0.39, 0.29) is 6.41 Å². The highest BCUT2D eigenvalue weighted by Crippen LogP contribution is 2.45. The van der Waals surface area contributed by atoms with Gasteiger partial charge in [-0.25, -0.2) is 14.4 Å². The van der Waals surface area contributed by atoms with Gasteiger partial charge in [-0.3, -0.25) is 24.0 Å². The number of carbonyl (C=O) groups excluding carboxylic acids is 5. The Bertz CT molecular complexity index is 3560. The van der Waals surface area contributed by atoms with Crippen molar-refractivity contribution in [3.05, 3.63) is 12.2 Å². The number of unbranched alkanes of at least 4 members (excludes halogenated alkanes) is 11. The summed E-state index contributed by atoms with van der Waals surface area (Å²) in [5.74, 6) is -21.6. The van der Waals surface area contributed by atoms with Crippen molar-refractivity contribution < 1.29 is 232 Å². The predicted octanol–water partition coefficient (Wildman–Crippen LogP) is -13.3. The lowest BCUT2D eigenvalue weighted by molar-refractivity contribution is -0.405. The molecule has 0 aromatic rings. The summed E-state index contributed by atoms with van der Waals surface area (Å²) >= 11 is 0. The van der Waals surface area contributed by atoms with Crippen LogP contribution in [0.4, 0.5) is 0 Å². The second-order valence-electron chi connectivity index (χ2n) is 33.2. The Labute approximate surface area is 744 Å². The summed E-state index contributed by atoms with van der Waals surface area (Å²) < 4.78 is 83.1. The molecular formula is C78H131N5O47. The first-order valence-corrected chi connectivity index (χ1v) is 42.9. The summed E-state index contributed by atoms with van der Waals surface area (Å²) in [6, 6.07) is -9.28. The number of carboxylic acids is 3. The van der Waals surface area contributed by atoms with E-state index in [1.165, 1.54) is 38.2 Å². The molecule has 7 heterocycles. The Hall–Kier alpha value is -5.94. The molecule has 7 rings (SSSR count). The molecule has 130 heavy (non-hydrogen) atoms. The fourth-order valence-electron chi connectivity index (χ4n) is 16.7. The number of hydrogen-bond donors (Lipinski definition) is 30. The first kappa shape index (κ1) is 111. The topological polar surface area (TPSA) is 832 Å². The molecule has 7 saturated heterocycles. The van der Waals surface area contributed by atoms with Crippen molar-refractivity contribution in [2.45, 2.75) is 375 Å². The Morgan fingerprint density at radius 1 is 0.415 bits per heavy atom. The average Bonchev–Trinajstić information content (AvgIpc) is 0.751. The number of hydrogen-bond acceptors (Lipinski definition) is 44. The maximum Gasteiger partial charge on any atom is 0.364 e. The van der Waals surface area contributed by atoms with Crippen LogP contribution in [0, 0.1) is 0 Å². The molecule has 750 valence electrons. The first-order valence-electron chi connectivity index (χ1n) is 42.9. The van der Waals surface area contributed by atoms with E-state index in [1.807, 2.05) is 0 Å². The number of nitrogens with one attached hydrogen (secondary N) is 5. The van der Waals surface area contributed by atoms with Gasteiger partial charge in [0.15, 0.2) is 25.2 Å². The maximum absolute atomic E-state index is 14.0. The molecular weight excluding hydrogens is 1760 g/mol. The number of rotatable bonds is 51. The van der Waals surface area contributed by atoms with Crippen LogP contribution >= 0.6 is 0 Å². The minimum absolute atomic E-state index is 0.253. The summed E-state index contributed by atoms with van der Waals surface area (Å²) in [5, 5.41) is 294. The fraction of sp³-hybridized carbons (Fsp3) is 0.872. The highest BCUT2D eigenvalue weighted by molar-refractivity contribution is 5.78. The van der Waals surface area contributed by atoms with E-state index in [0.29, 0.717) is 6.42 Å². The number of carbonyl (C=O) groups is 8. The van der Waals surface area contributed by atoms with Gasteiger partial charge < -0.3 is 221 Å². The number of aliphatic hydroxyl groups is 22. The lowest BCUT2D eigenvalue weighted by atomic mass is 9.87. The van der Waals surface area contributed by atoms with Gasteiger partial charge in [0.05, 0.1) is 101 Å². The second-order valence-corrected chi connectivity index (χ2v) is 33.2. The van der Waals surface area contributed by atoms with Gasteiger partial charge in [0.2, 0.25) is 30.0 Å². The summed E-state index contributed by atoms with van der Waals surface area (Å²) in [6.45, 7) is -4.41. The summed E-state index contributed by atoms with van der Waals surface area (Å²) in [7, 11) is 0. The second kappa shape index (κ2) is 51.3. The Morgan fingerprint density at radius 3 is 1.23 bits per heavy atom. The Kier molecular flexibility index (Phi) is 43.8. The minimum atomic E-state index is -3.64. The van der Waals surface area contributed by atoms with Crippen LogP contribution in [0.5, 0.6) is 0 Å². The fourth-order valence-corrected chi connectivity index (χ4v) is 16.7. The van der Waals surface area contributed by atoms with E-state index < -0.39 is 357 Å². The summed E-state index contributed by atoms with van der Waals surface area (Å²) in [4.78, 5) is 104. The Morgan fingerprint density at radius 2 is 0.792 bits per heavy atom. The molecule has 0 radical (unpaired) electrons. The third kappa shape index (κ3) is 27.7. The standard InChI is InChI=1S/C78H131N5O47/c1-6-7-8-9-10-11-12-13-14-15-16-17-18-19-37(96)36(79-31-91)30-117-70-58(108)57(107)61(46(28-89)120-70)122-72-60(110)68(130-78(75(115)116)22-39(98)49(81-33(3)93)65(127-78)53(103)42(101)24-85)62(47(29-90)121-72)123-69-51(83-35(5)95)63(54(104)43(25-86)118-69)124-71-59(109)67(55(105)44(26-87)119-71)129-77(74(113)114)21-40(99)50(82-34(4)94)66(128-77)56(106)45(27-88)125-76(73(111)112)20-38(97)48(80-32(2)92)64(126-76)52(102)41(100)23-84/h18-19,31,36-72,84-90,96-110H,6-17,20-30H2,1-5H3,(H,79,91)(H,80,92)(H,81,93)(H,82,94)(H,83,95)(H,111,112)(H,113,114)(H,115,116). The Balaban J connectivity index is 1.21. The molecule has 5 amide bonds. The molecule has 7 aliphatic heterocycles. The average molecular weight is 1890 g/mol. The zero-order valence-corrected chi connectivity index (χ0v) is 72.0. The van der Waals surface area contributed by atoms with E-state index >= 15 is 0 Å². The lowest BCUT2D eigenvalue weighted by Crippen LogP contribution is -2.73. The number of aliphatic hydroxyl groups excluding tert-OH is 22. The molecule has 7 aliphatic rings. The van der Waals surface area contributed by atoms with Gasteiger partial charge in [0.1, 0.15) is 153 Å². The van der Waals surface area contributed by atoms with Crippen molar-refractivity contribution in [1.29, 1.82) is 0 Å². The molecule has 7 fully saturated rings. The van der Waals surface area contributed by atoms with Crippen LogP contribution in [-0.2, 0) is 105 Å². The molecule has 40 unspecified atom stereocenters. The monoisotopic (exact) mass is 1890 g/mol. The molecule has 52 nitrogen and oxygen atoms in total. The zero-order chi connectivity index (χ0) is 96.7. The molecule has 0 bridgehead atoms. The molecule has 0 spiro atoms. The van der Waals surface area contributed by atoms with E-state index in [4.69, 9.17) is 66.3 Å². The minimum Gasteiger partial charge on any atom is -0.477 e. The smallest absolute Gasteiger partial charge is 0.364 e. The molecule has 0 aliphatic carbocycles. The highest BCUT2D eigenvalue weighted by atomic mass is 16.8. The summed E-state index contributed by atoms with van der Waals surface area (Å²) in [5.41, 5.74) is 0. The number of amides is 5. The van der Waals surface area contributed by atoms with E-state index in [2.05, 4.69) is 33.5 Å². The van der Waals surface area contributed by atoms with Crippen molar-refractivity contribution in [3.63, 3.8) is 0 Å². The molecule has 0 saturated carbocycles. The van der Waals surface area contributed by atoms with Gasteiger partial charge in [0.25, 0.3) is 17.4 Å². The van der Waals surface area contributed by atoms with Crippen LogP contribution in [0.1, 0.15) is 131 Å². The lowest BCUT2D eigenvalue weighted by Gasteiger charge is -2.53. The number of ether oxygens (including phenoxy) is 14. The van der Waals surface area contributed by atoms with Crippen LogP contribution in [-0.4, -0.2) is 472 Å². The number of carboxylic acid groups (broad SMARTS) is 3. The molecule has 30 N–H and O–H groups in total. The van der Waals surface area contributed by atoms with Gasteiger partial charge in [-0.2, -0.15) is 0 Å². The number of allylic oxidation sites excluding steroid dienone is 1. The van der Waals surface area contributed by atoms with Crippen molar-refractivity contribution in [3.8, 4) is 0 Å². The van der Waals surface area contributed by atoms with Crippen molar-refractivity contribution in [2.24, 2.45) is 0 Å². The van der Waals surface area contributed by atoms with Crippen LogP contribution in [0.25, 0.3) is 0 Å². The van der Waals surface area contributed by atoms with Gasteiger partial charge in [-0.1, -0.05) is 83.3 Å². The first-order chi connectivity index (χ1) is 61.5. The van der Waals surface area contributed by atoms with Gasteiger partial charge in [-0.05, 0) is 12.8 Å². The van der Waals surface area contributed by atoms with Crippen LogP contribution in [0.15, 0.2) is 12.2 Å². The molecule has 0 aromatic carbocycles. The maximum atomic E-state index is 14.0.